The fourth-order valence-electron chi connectivity index (χ4n) is 1.46. The van der Waals surface area contributed by atoms with Crippen LogP contribution >= 0.6 is 11.5 Å². The molecule has 17 heavy (non-hydrogen) atoms. The highest BCUT2D eigenvalue weighted by atomic mass is 32.1. The molecule has 0 atom stereocenters. The first-order valence-corrected chi connectivity index (χ1v) is 7.05. The highest BCUT2D eigenvalue weighted by Gasteiger charge is 2.21. The van der Waals surface area contributed by atoms with Crippen molar-refractivity contribution in [1.82, 2.24) is 9.36 Å². The fourth-order valence-corrected chi connectivity index (χ4v) is 2.36. The number of aromatic nitrogens is 2. The predicted molar refractivity (Wildman–Crippen MR) is 74.8 cm³/mol. The summed E-state index contributed by atoms with van der Waals surface area (Å²) in [5.41, 5.74) is 5.67. The molecule has 0 aliphatic heterocycles. The van der Waals surface area contributed by atoms with Crippen molar-refractivity contribution >= 4 is 16.7 Å². The van der Waals surface area contributed by atoms with Gasteiger partial charge in [-0.25, -0.2) is 4.98 Å². The van der Waals surface area contributed by atoms with E-state index in [9.17, 15) is 0 Å². The summed E-state index contributed by atoms with van der Waals surface area (Å²) in [6.07, 6.45) is 2.36. The Labute approximate surface area is 108 Å². The fraction of sp³-hybridized carbons (Fsp3) is 0.833. The number of anilines is 1. The van der Waals surface area contributed by atoms with Crippen LogP contribution in [-0.2, 0) is 5.41 Å². The molecule has 98 valence electrons. The maximum atomic E-state index is 5.65. The second kappa shape index (κ2) is 6.31. The van der Waals surface area contributed by atoms with Gasteiger partial charge in [0.15, 0.2) is 0 Å². The Hall–Kier alpha value is -0.680. The zero-order valence-electron chi connectivity index (χ0n) is 11.4. The SMILES string of the molecule is CCCCN(CCN)c1nc(C(C)(C)C)ns1. The van der Waals surface area contributed by atoms with Crippen molar-refractivity contribution in [2.75, 3.05) is 24.5 Å². The van der Waals surface area contributed by atoms with Gasteiger partial charge in [0.2, 0.25) is 5.13 Å². The predicted octanol–water partition coefficient (Wildman–Crippen LogP) is 2.40. The number of unbranched alkanes of at least 4 members (excludes halogenated alkanes) is 1. The summed E-state index contributed by atoms with van der Waals surface area (Å²) in [6.45, 7) is 11.1. The first-order chi connectivity index (χ1) is 7.99. The molecule has 0 bridgehead atoms. The Kier molecular flexibility index (Phi) is 5.33. The quantitative estimate of drug-likeness (QED) is 0.849. The zero-order valence-corrected chi connectivity index (χ0v) is 12.2. The molecular weight excluding hydrogens is 232 g/mol. The van der Waals surface area contributed by atoms with Crippen molar-refractivity contribution in [3.8, 4) is 0 Å². The van der Waals surface area contributed by atoms with E-state index in [0.717, 1.165) is 24.0 Å². The third kappa shape index (κ3) is 4.24. The minimum atomic E-state index is 0.0217. The van der Waals surface area contributed by atoms with Gasteiger partial charge in [-0.2, -0.15) is 4.37 Å². The van der Waals surface area contributed by atoms with Crippen LogP contribution < -0.4 is 10.6 Å². The van der Waals surface area contributed by atoms with Crippen molar-refractivity contribution < 1.29 is 0 Å². The normalized spacial score (nSPS) is 11.8. The van der Waals surface area contributed by atoms with Crippen LogP contribution in [0.5, 0.6) is 0 Å². The molecule has 1 aromatic heterocycles. The van der Waals surface area contributed by atoms with Gasteiger partial charge in [0, 0.05) is 36.6 Å². The average molecular weight is 256 g/mol. The van der Waals surface area contributed by atoms with Gasteiger partial charge in [-0.15, -0.1) is 0 Å². The second-order valence-corrected chi connectivity index (χ2v) is 6.01. The molecule has 0 aliphatic carbocycles. The number of nitrogens with zero attached hydrogens (tertiary/aromatic N) is 3. The van der Waals surface area contributed by atoms with E-state index in [1.165, 1.54) is 24.4 Å². The highest BCUT2D eigenvalue weighted by molar-refractivity contribution is 7.09. The molecule has 0 aliphatic rings. The number of rotatable bonds is 6. The molecule has 2 N–H and O–H groups in total. The van der Waals surface area contributed by atoms with Crippen LogP contribution in [0.25, 0.3) is 0 Å². The molecule has 4 nitrogen and oxygen atoms in total. The van der Waals surface area contributed by atoms with E-state index in [2.05, 4.69) is 42.0 Å². The third-order valence-corrected chi connectivity index (χ3v) is 3.31. The van der Waals surface area contributed by atoms with Gasteiger partial charge in [-0.05, 0) is 6.42 Å². The Morgan fingerprint density at radius 2 is 2.00 bits per heavy atom. The van der Waals surface area contributed by atoms with Crippen LogP contribution in [0.15, 0.2) is 0 Å². The Bertz CT molecular complexity index is 329. The summed E-state index contributed by atoms with van der Waals surface area (Å²) in [5.74, 6) is 0.927. The molecule has 0 radical (unpaired) electrons. The molecule has 0 saturated heterocycles. The van der Waals surface area contributed by atoms with Crippen molar-refractivity contribution in [2.24, 2.45) is 5.73 Å². The van der Waals surface area contributed by atoms with Gasteiger partial charge in [-0.1, -0.05) is 34.1 Å². The van der Waals surface area contributed by atoms with E-state index in [4.69, 9.17) is 5.73 Å². The Morgan fingerprint density at radius 3 is 2.47 bits per heavy atom. The van der Waals surface area contributed by atoms with Crippen LogP contribution in [-0.4, -0.2) is 29.0 Å². The molecule has 1 heterocycles. The average Bonchev–Trinajstić information content (AvgIpc) is 2.72. The van der Waals surface area contributed by atoms with Crippen LogP contribution in [0, 0.1) is 0 Å². The summed E-state index contributed by atoms with van der Waals surface area (Å²) in [7, 11) is 0. The molecule has 0 spiro atoms. The van der Waals surface area contributed by atoms with Crippen LogP contribution in [0.3, 0.4) is 0 Å². The lowest BCUT2D eigenvalue weighted by Gasteiger charge is -2.20. The summed E-state index contributed by atoms with van der Waals surface area (Å²) >= 11 is 1.48. The summed E-state index contributed by atoms with van der Waals surface area (Å²) in [5, 5.41) is 1.01. The lowest BCUT2D eigenvalue weighted by Crippen LogP contribution is -2.30. The second-order valence-electron chi connectivity index (χ2n) is 5.28. The van der Waals surface area contributed by atoms with E-state index < -0.39 is 0 Å². The van der Waals surface area contributed by atoms with Crippen molar-refractivity contribution in [3.63, 3.8) is 0 Å². The minimum Gasteiger partial charge on any atom is -0.346 e. The van der Waals surface area contributed by atoms with Crippen molar-refractivity contribution in [1.29, 1.82) is 0 Å². The first kappa shape index (κ1) is 14.4. The summed E-state index contributed by atoms with van der Waals surface area (Å²) < 4.78 is 4.45. The molecule has 1 aromatic rings. The van der Waals surface area contributed by atoms with Crippen LogP contribution in [0.4, 0.5) is 5.13 Å². The Balaban J connectivity index is 2.76. The standard InChI is InChI=1S/C12H24N4S/c1-5-6-8-16(9-7-13)11-14-10(15-17-11)12(2,3)4/h5-9,13H2,1-4H3. The maximum absolute atomic E-state index is 5.65. The third-order valence-electron chi connectivity index (χ3n) is 2.54. The largest absolute Gasteiger partial charge is 0.346 e. The molecular formula is C12H24N4S. The zero-order chi connectivity index (χ0) is 12.9. The van der Waals surface area contributed by atoms with Crippen LogP contribution in [0.1, 0.15) is 46.4 Å². The van der Waals surface area contributed by atoms with E-state index >= 15 is 0 Å². The Morgan fingerprint density at radius 1 is 1.29 bits per heavy atom. The number of hydrogen-bond donors (Lipinski definition) is 1. The van der Waals surface area contributed by atoms with Gasteiger partial charge in [0.05, 0.1) is 0 Å². The van der Waals surface area contributed by atoms with Crippen molar-refractivity contribution in [3.05, 3.63) is 5.82 Å². The molecule has 5 heteroatoms. The van der Waals surface area contributed by atoms with E-state index in [1.54, 1.807) is 0 Å². The molecule has 0 fully saturated rings. The molecule has 0 aromatic carbocycles. The number of hydrogen-bond acceptors (Lipinski definition) is 5. The minimum absolute atomic E-state index is 0.0217. The maximum Gasteiger partial charge on any atom is 0.205 e. The molecule has 0 amide bonds. The van der Waals surface area contributed by atoms with E-state index in [0.29, 0.717) is 6.54 Å². The van der Waals surface area contributed by atoms with Gasteiger partial charge in [-0.3, -0.25) is 0 Å². The molecule has 0 saturated carbocycles. The summed E-state index contributed by atoms with van der Waals surface area (Å²) in [6, 6.07) is 0. The van der Waals surface area contributed by atoms with E-state index in [1.807, 2.05) is 0 Å². The summed E-state index contributed by atoms with van der Waals surface area (Å²) in [4.78, 5) is 6.88. The van der Waals surface area contributed by atoms with Gasteiger partial charge in [0.25, 0.3) is 0 Å². The monoisotopic (exact) mass is 256 g/mol. The first-order valence-electron chi connectivity index (χ1n) is 6.28. The topological polar surface area (TPSA) is 55.0 Å². The number of nitrogens with two attached hydrogens (primary N) is 1. The highest BCUT2D eigenvalue weighted by Crippen LogP contribution is 2.25. The van der Waals surface area contributed by atoms with Crippen molar-refractivity contribution in [2.45, 2.75) is 46.0 Å². The lowest BCUT2D eigenvalue weighted by atomic mass is 9.96. The molecule has 1 rings (SSSR count). The lowest BCUT2D eigenvalue weighted by molar-refractivity contribution is 0.553. The van der Waals surface area contributed by atoms with Gasteiger partial charge < -0.3 is 10.6 Å². The van der Waals surface area contributed by atoms with Gasteiger partial charge in [0.1, 0.15) is 5.82 Å². The molecule has 0 unspecified atom stereocenters. The van der Waals surface area contributed by atoms with E-state index in [-0.39, 0.29) is 5.41 Å². The van der Waals surface area contributed by atoms with Crippen LogP contribution in [0.2, 0.25) is 0 Å². The smallest absolute Gasteiger partial charge is 0.205 e. The van der Waals surface area contributed by atoms with Gasteiger partial charge >= 0.3 is 0 Å².